The SMILES string of the molecule is Cc1cc(C(F)(F)F)cc(C)c1-c1cccc(COc2ncc3c(c2Br)SCC3CC(=O)O)c1. The molecule has 1 atom stereocenters. The summed E-state index contributed by atoms with van der Waals surface area (Å²) in [5.41, 5.74) is 3.80. The van der Waals surface area contributed by atoms with Crippen LogP contribution in [-0.4, -0.2) is 21.8 Å². The van der Waals surface area contributed by atoms with Crippen LogP contribution in [0.1, 0.15) is 40.2 Å². The van der Waals surface area contributed by atoms with E-state index in [1.807, 2.05) is 24.3 Å². The number of ether oxygens (including phenoxy) is 1. The zero-order chi connectivity index (χ0) is 24.6. The molecule has 0 amide bonds. The van der Waals surface area contributed by atoms with Crippen LogP contribution in [-0.2, 0) is 17.6 Å². The van der Waals surface area contributed by atoms with Crippen molar-refractivity contribution in [2.24, 2.45) is 0 Å². The topological polar surface area (TPSA) is 59.4 Å². The molecule has 0 fully saturated rings. The van der Waals surface area contributed by atoms with E-state index in [4.69, 9.17) is 9.84 Å². The van der Waals surface area contributed by atoms with Crippen LogP contribution in [0.2, 0.25) is 0 Å². The Morgan fingerprint density at radius 2 is 1.94 bits per heavy atom. The standard InChI is InChI=1S/C25H21BrF3NO3S/c1-13-6-18(25(27,28)29)7-14(2)21(13)16-5-3-4-15(8-16)11-33-24-22(26)23-19(10-30-24)17(12-34-23)9-20(31)32/h3-8,10,17H,9,11-12H2,1-2H3,(H,31,32). The van der Waals surface area contributed by atoms with Gasteiger partial charge in [-0.25, -0.2) is 4.98 Å². The zero-order valence-electron chi connectivity index (χ0n) is 18.4. The van der Waals surface area contributed by atoms with E-state index < -0.39 is 17.7 Å². The quantitative estimate of drug-likeness (QED) is 0.346. The first-order chi connectivity index (χ1) is 16.0. The van der Waals surface area contributed by atoms with E-state index in [9.17, 15) is 18.0 Å². The molecule has 2 heterocycles. The van der Waals surface area contributed by atoms with Crippen LogP contribution < -0.4 is 4.74 Å². The monoisotopic (exact) mass is 551 g/mol. The number of aliphatic carboxylic acids is 1. The van der Waals surface area contributed by atoms with Gasteiger partial charge in [0.1, 0.15) is 6.61 Å². The molecular formula is C25H21BrF3NO3S. The van der Waals surface area contributed by atoms with E-state index in [2.05, 4.69) is 20.9 Å². The van der Waals surface area contributed by atoms with Crippen molar-refractivity contribution in [1.29, 1.82) is 0 Å². The molecule has 34 heavy (non-hydrogen) atoms. The van der Waals surface area contributed by atoms with Gasteiger partial charge in [-0.05, 0) is 81.4 Å². The number of nitrogens with zero attached hydrogens (tertiary/aromatic N) is 1. The van der Waals surface area contributed by atoms with Crippen molar-refractivity contribution in [1.82, 2.24) is 4.98 Å². The van der Waals surface area contributed by atoms with Gasteiger partial charge in [0.05, 0.1) is 16.5 Å². The summed E-state index contributed by atoms with van der Waals surface area (Å²) in [6.45, 7) is 3.59. The molecule has 178 valence electrons. The van der Waals surface area contributed by atoms with Crippen LogP contribution >= 0.6 is 27.7 Å². The number of hydrogen-bond acceptors (Lipinski definition) is 4. The lowest BCUT2D eigenvalue weighted by Gasteiger charge is -2.16. The largest absolute Gasteiger partial charge is 0.481 e. The number of hydrogen-bond donors (Lipinski definition) is 1. The number of pyridine rings is 1. The van der Waals surface area contributed by atoms with Crippen molar-refractivity contribution < 1.29 is 27.8 Å². The maximum atomic E-state index is 13.1. The van der Waals surface area contributed by atoms with Crippen LogP contribution in [0.3, 0.4) is 0 Å². The molecule has 1 aliphatic rings. The summed E-state index contributed by atoms with van der Waals surface area (Å²) >= 11 is 5.12. The number of alkyl halides is 3. The minimum absolute atomic E-state index is 0.0594. The lowest BCUT2D eigenvalue weighted by atomic mass is 9.92. The Morgan fingerprint density at radius 3 is 2.59 bits per heavy atom. The van der Waals surface area contributed by atoms with Crippen molar-refractivity contribution >= 4 is 33.7 Å². The van der Waals surface area contributed by atoms with Crippen LogP contribution in [0.4, 0.5) is 13.2 Å². The Bertz CT molecular complexity index is 1240. The molecule has 2 aromatic carbocycles. The Kier molecular flexibility index (Phi) is 6.96. The highest BCUT2D eigenvalue weighted by molar-refractivity contribution is 9.10. The van der Waals surface area contributed by atoms with E-state index in [-0.39, 0.29) is 18.9 Å². The lowest BCUT2D eigenvalue weighted by molar-refractivity contribution is -0.138. The normalized spacial score (nSPS) is 15.3. The smallest absolute Gasteiger partial charge is 0.416 e. The Balaban J connectivity index is 1.54. The Labute approximate surface area is 207 Å². The second-order valence-electron chi connectivity index (χ2n) is 8.24. The predicted octanol–water partition coefficient (Wildman–Crippen LogP) is 7.39. The van der Waals surface area contributed by atoms with E-state index in [1.54, 1.807) is 31.8 Å². The first-order valence-corrected chi connectivity index (χ1v) is 12.3. The minimum Gasteiger partial charge on any atom is -0.481 e. The highest BCUT2D eigenvalue weighted by Gasteiger charge is 2.32. The molecule has 1 aliphatic heterocycles. The van der Waals surface area contributed by atoms with Gasteiger partial charge in [-0.15, -0.1) is 11.8 Å². The molecule has 1 unspecified atom stereocenters. The average molecular weight is 552 g/mol. The fraction of sp³-hybridized carbons (Fsp3) is 0.280. The predicted molar refractivity (Wildman–Crippen MR) is 128 cm³/mol. The summed E-state index contributed by atoms with van der Waals surface area (Å²) in [5.74, 6) is 0.171. The maximum absolute atomic E-state index is 13.1. The molecule has 0 spiro atoms. The van der Waals surface area contributed by atoms with Gasteiger partial charge < -0.3 is 9.84 Å². The van der Waals surface area contributed by atoms with Crippen LogP contribution in [0.5, 0.6) is 5.88 Å². The lowest BCUT2D eigenvalue weighted by Crippen LogP contribution is -2.07. The molecule has 1 aromatic heterocycles. The second-order valence-corrected chi connectivity index (χ2v) is 10.1. The first-order valence-electron chi connectivity index (χ1n) is 10.5. The van der Waals surface area contributed by atoms with E-state index in [1.165, 1.54) is 12.1 Å². The number of carboxylic acid groups (broad SMARTS) is 1. The molecule has 9 heteroatoms. The van der Waals surface area contributed by atoms with Crippen LogP contribution in [0.15, 0.2) is 52.0 Å². The van der Waals surface area contributed by atoms with Gasteiger partial charge in [0, 0.05) is 22.8 Å². The summed E-state index contributed by atoms with van der Waals surface area (Å²) in [5, 5.41) is 9.11. The molecule has 0 aliphatic carbocycles. The van der Waals surface area contributed by atoms with E-state index in [0.717, 1.165) is 27.1 Å². The summed E-state index contributed by atoms with van der Waals surface area (Å²) in [6.07, 6.45) is -2.65. The number of aromatic nitrogens is 1. The molecule has 0 saturated carbocycles. The second kappa shape index (κ2) is 9.62. The highest BCUT2D eigenvalue weighted by Crippen LogP contribution is 2.47. The number of aryl methyl sites for hydroxylation is 2. The summed E-state index contributed by atoms with van der Waals surface area (Å²) in [6, 6.07) is 9.86. The van der Waals surface area contributed by atoms with Gasteiger partial charge in [0.2, 0.25) is 5.88 Å². The zero-order valence-corrected chi connectivity index (χ0v) is 20.8. The van der Waals surface area contributed by atoms with E-state index in [0.29, 0.717) is 27.2 Å². The van der Waals surface area contributed by atoms with Gasteiger partial charge in [0.15, 0.2) is 0 Å². The number of rotatable bonds is 6. The number of carbonyl (C=O) groups is 1. The third-order valence-corrected chi connectivity index (χ3v) is 8.01. The third-order valence-electron chi connectivity index (χ3n) is 5.71. The summed E-state index contributed by atoms with van der Waals surface area (Å²) in [7, 11) is 0. The maximum Gasteiger partial charge on any atom is 0.416 e. The number of carboxylic acids is 1. The van der Waals surface area contributed by atoms with Crippen molar-refractivity contribution in [2.75, 3.05) is 5.75 Å². The molecule has 4 rings (SSSR count). The number of thioether (sulfide) groups is 1. The summed E-state index contributed by atoms with van der Waals surface area (Å²) < 4.78 is 46.1. The molecule has 0 saturated heterocycles. The van der Waals surface area contributed by atoms with Crippen molar-refractivity contribution in [2.45, 2.75) is 43.9 Å². The molecule has 4 nitrogen and oxygen atoms in total. The Morgan fingerprint density at radius 1 is 1.24 bits per heavy atom. The number of benzene rings is 2. The Hall–Kier alpha value is -2.52. The highest BCUT2D eigenvalue weighted by atomic mass is 79.9. The molecule has 1 N–H and O–H groups in total. The van der Waals surface area contributed by atoms with Gasteiger partial charge in [-0.2, -0.15) is 13.2 Å². The minimum atomic E-state index is -4.38. The van der Waals surface area contributed by atoms with Gasteiger partial charge in [-0.1, -0.05) is 18.2 Å². The van der Waals surface area contributed by atoms with Gasteiger partial charge in [-0.3, -0.25) is 4.79 Å². The van der Waals surface area contributed by atoms with Crippen LogP contribution in [0.25, 0.3) is 11.1 Å². The average Bonchev–Trinajstić information content (AvgIpc) is 3.15. The van der Waals surface area contributed by atoms with Crippen molar-refractivity contribution in [3.05, 3.63) is 74.9 Å². The van der Waals surface area contributed by atoms with E-state index >= 15 is 0 Å². The number of halogens is 4. The van der Waals surface area contributed by atoms with Gasteiger partial charge >= 0.3 is 12.1 Å². The first kappa shape index (κ1) is 24.6. The number of fused-ring (bicyclic) bond motifs is 1. The van der Waals surface area contributed by atoms with Crippen molar-refractivity contribution in [3.8, 4) is 17.0 Å². The third kappa shape index (κ3) is 5.10. The van der Waals surface area contributed by atoms with Crippen molar-refractivity contribution in [3.63, 3.8) is 0 Å². The fourth-order valence-corrected chi connectivity index (χ4v) is 6.26. The van der Waals surface area contributed by atoms with Crippen LogP contribution in [0, 0.1) is 13.8 Å². The molecule has 0 radical (unpaired) electrons. The molecule has 0 bridgehead atoms. The fourth-order valence-electron chi connectivity index (χ4n) is 4.21. The summed E-state index contributed by atoms with van der Waals surface area (Å²) in [4.78, 5) is 16.4. The molecular weight excluding hydrogens is 531 g/mol. The molecule has 3 aromatic rings. The van der Waals surface area contributed by atoms with Gasteiger partial charge in [0.25, 0.3) is 0 Å².